The number of rotatable bonds is 3. The fourth-order valence-electron chi connectivity index (χ4n) is 2.32. The zero-order valence-corrected chi connectivity index (χ0v) is 12.2. The van der Waals surface area contributed by atoms with Gasteiger partial charge in [0, 0.05) is 49.3 Å². The summed E-state index contributed by atoms with van der Waals surface area (Å²) in [6.45, 7) is 5.29. The van der Waals surface area contributed by atoms with Crippen LogP contribution in [0.1, 0.15) is 5.56 Å². The van der Waals surface area contributed by atoms with Crippen LogP contribution in [0.2, 0.25) is 5.02 Å². The Morgan fingerprint density at radius 3 is 2.47 bits per heavy atom. The first-order chi connectivity index (χ1) is 9.31. The Kier molecular flexibility index (Phi) is 4.01. The van der Waals surface area contributed by atoms with Gasteiger partial charge in [0.2, 0.25) is 0 Å². The Morgan fingerprint density at radius 2 is 1.84 bits per heavy atom. The van der Waals surface area contributed by atoms with E-state index in [1.807, 2.05) is 23.7 Å². The van der Waals surface area contributed by atoms with E-state index in [1.54, 1.807) is 11.3 Å². The maximum atomic E-state index is 5.90. The fraction of sp³-hybridized carbons (Fsp3) is 0.357. The van der Waals surface area contributed by atoms with Crippen molar-refractivity contribution >= 4 is 28.1 Å². The van der Waals surface area contributed by atoms with Gasteiger partial charge in [0.1, 0.15) is 0 Å². The molecule has 0 aliphatic carbocycles. The largest absolute Gasteiger partial charge is 0.346 e. The first-order valence-corrected chi connectivity index (χ1v) is 7.68. The number of piperazine rings is 1. The molecule has 0 N–H and O–H groups in total. The van der Waals surface area contributed by atoms with Gasteiger partial charge in [-0.25, -0.2) is 4.98 Å². The van der Waals surface area contributed by atoms with E-state index in [0.717, 1.165) is 42.9 Å². The van der Waals surface area contributed by atoms with E-state index in [2.05, 4.69) is 26.9 Å². The third-order valence-corrected chi connectivity index (χ3v) is 4.47. The van der Waals surface area contributed by atoms with E-state index >= 15 is 0 Å². The van der Waals surface area contributed by atoms with Crippen LogP contribution in [0, 0.1) is 0 Å². The van der Waals surface area contributed by atoms with Crippen molar-refractivity contribution in [3.63, 3.8) is 0 Å². The topological polar surface area (TPSA) is 19.4 Å². The van der Waals surface area contributed by atoms with Crippen LogP contribution in [0.4, 0.5) is 5.13 Å². The van der Waals surface area contributed by atoms with Crippen molar-refractivity contribution in [2.45, 2.75) is 6.54 Å². The molecule has 100 valence electrons. The summed E-state index contributed by atoms with van der Waals surface area (Å²) < 4.78 is 0. The van der Waals surface area contributed by atoms with Gasteiger partial charge in [-0.05, 0) is 17.7 Å². The minimum absolute atomic E-state index is 0.803. The van der Waals surface area contributed by atoms with Gasteiger partial charge in [-0.2, -0.15) is 0 Å². The molecule has 1 aromatic heterocycles. The van der Waals surface area contributed by atoms with Gasteiger partial charge in [0.05, 0.1) is 0 Å². The monoisotopic (exact) mass is 293 g/mol. The number of thiazole rings is 1. The smallest absolute Gasteiger partial charge is 0.185 e. The molecule has 0 amide bonds. The normalized spacial score (nSPS) is 16.8. The van der Waals surface area contributed by atoms with Crippen LogP contribution >= 0.6 is 22.9 Å². The molecule has 0 radical (unpaired) electrons. The number of nitrogens with zero attached hydrogens (tertiary/aromatic N) is 3. The third-order valence-electron chi connectivity index (χ3n) is 3.38. The molecule has 0 spiro atoms. The first kappa shape index (κ1) is 12.9. The van der Waals surface area contributed by atoms with E-state index in [-0.39, 0.29) is 0 Å². The van der Waals surface area contributed by atoms with Crippen molar-refractivity contribution in [1.82, 2.24) is 9.88 Å². The molecular formula is C14H16ClN3S. The molecule has 1 aliphatic heterocycles. The molecule has 3 nitrogen and oxygen atoms in total. The van der Waals surface area contributed by atoms with Gasteiger partial charge in [-0.3, -0.25) is 4.90 Å². The molecule has 1 aromatic carbocycles. The number of halogens is 1. The summed E-state index contributed by atoms with van der Waals surface area (Å²) in [6, 6.07) is 8.14. The Labute approximate surface area is 122 Å². The second-order valence-corrected chi connectivity index (χ2v) is 6.01. The Bertz CT molecular complexity index is 504. The molecule has 0 bridgehead atoms. The molecule has 0 atom stereocenters. The highest BCUT2D eigenvalue weighted by Crippen LogP contribution is 2.19. The Balaban J connectivity index is 1.54. The zero-order chi connectivity index (χ0) is 13.1. The highest BCUT2D eigenvalue weighted by atomic mass is 35.5. The molecular weight excluding hydrogens is 278 g/mol. The number of hydrogen-bond acceptors (Lipinski definition) is 4. The van der Waals surface area contributed by atoms with Gasteiger partial charge in [0.15, 0.2) is 5.13 Å². The molecule has 0 saturated carbocycles. The molecule has 0 unspecified atom stereocenters. The van der Waals surface area contributed by atoms with E-state index in [0.29, 0.717) is 0 Å². The standard InChI is InChI=1S/C14H16ClN3S/c15-13-3-1-12(2-4-13)11-17-6-8-18(9-7-17)14-16-5-10-19-14/h1-5,10H,6-9,11H2. The lowest BCUT2D eigenvalue weighted by atomic mass is 10.2. The highest BCUT2D eigenvalue weighted by Gasteiger charge is 2.18. The van der Waals surface area contributed by atoms with Gasteiger partial charge in [0.25, 0.3) is 0 Å². The van der Waals surface area contributed by atoms with E-state index in [9.17, 15) is 0 Å². The van der Waals surface area contributed by atoms with Crippen molar-refractivity contribution in [3.8, 4) is 0 Å². The van der Waals surface area contributed by atoms with Crippen LogP contribution < -0.4 is 4.90 Å². The minimum atomic E-state index is 0.803. The molecule has 5 heteroatoms. The highest BCUT2D eigenvalue weighted by molar-refractivity contribution is 7.13. The second kappa shape index (κ2) is 5.90. The van der Waals surface area contributed by atoms with Crippen LogP contribution in [-0.4, -0.2) is 36.1 Å². The molecule has 3 rings (SSSR count). The average molecular weight is 294 g/mol. The van der Waals surface area contributed by atoms with Crippen LogP contribution in [0.15, 0.2) is 35.8 Å². The average Bonchev–Trinajstić information content (AvgIpc) is 2.96. The van der Waals surface area contributed by atoms with Crippen molar-refractivity contribution in [3.05, 3.63) is 46.4 Å². The predicted octanol–water partition coefficient (Wildman–Crippen LogP) is 3.12. The summed E-state index contributed by atoms with van der Waals surface area (Å²) in [5, 5.41) is 3.98. The van der Waals surface area contributed by atoms with Gasteiger partial charge in [-0.15, -0.1) is 11.3 Å². The van der Waals surface area contributed by atoms with Gasteiger partial charge < -0.3 is 4.90 Å². The summed E-state index contributed by atoms with van der Waals surface area (Å²) in [4.78, 5) is 9.21. The maximum absolute atomic E-state index is 5.90. The van der Waals surface area contributed by atoms with Crippen molar-refractivity contribution in [1.29, 1.82) is 0 Å². The quantitative estimate of drug-likeness (QED) is 0.867. The lowest BCUT2D eigenvalue weighted by Crippen LogP contribution is -2.45. The summed E-state index contributed by atoms with van der Waals surface area (Å²) in [6.07, 6.45) is 1.88. The number of hydrogen-bond donors (Lipinski definition) is 0. The van der Waals surface area contributed by atoms with Crippen molar-refractivity contribution < 1.29 is 0 Å². The molecule has 1 fully saturated rings. The van der Waals surface area contributed by atoms with E-state index in [4.69, 9.17) is 11.6 Å². The van der Waals surface area contributed by atoms with Gasteiger partial charge >= 0.3 is 0 Å². The second-order valence-electron chi connectivity index (χ2n) is 4.70. The molecule has 1 saturated heterocycles. The molecule has 1 aliphatic rings. The van der Waals surface area contributed by atoms with Crippen LogP contribution in [0.25, 0.3) is 0 Å². The summed E-state index contributed by atoms with van der Waals surface area (Å²) in [7, 11) is 0. The number of benzene rings is 1. The minimum Gasteiger partial charge on any atom is -0.346 e. The van der Waals surface area contributed by atoms with E-state index in [1.165, 1.54) is 5.56 Å². The number of aromatic nitrogens is 1. The lowest BCUT2D eigenvalue weighted by molar-refractivity contribution is 0.250. The van der Waals surface area contributed by atoms with Gasteiger partial charge in [-0.1, -0.05) is 23.7 Å². The lowest BCUT2D eigenvalue weighted by Gasteiger charge is -2.34. The first-order valence-electron chi connectivity index (χ1n) is 6.42. The summed E-state index contributed by atoms with van der Waals surface area (Å²) >= 11 is 7.62. The molecule has 19 heavy (non-hydrogen) atoms. The van der Waals surface area contributed by atoms with Crippen LogP contribution in [0.3, 0.4) is 0 Å². The fourth-order valence-corrected chi connectivity index (χ4v) is 3.14. The summed E-state index contributed by atoms with van der Waals surface area (Å²) in [5.74, 6) is 0. The SMILES string of the molecule is Clc1ccc(CN2CCN(c3nccs3)CC2)cc1. The predicted molar refractivity (Wildman–Crippen MR) is 81.1 cm³/mol. The summed E-state index contributed by atoms with van der Waals surface area (Å²) in [5.41, 5.74) is 1.33. The van der Waals surface area contributed by atoms with E-state index < -0.39 is 0 Å². The van der Waals surface area contributed by atoms with Crippen molar-refractivity contribution in [2.75, 3.05) is 31.1 Å². The Hall–Kier alpha value is -1.10. The number of anilines is 1. The Morgan fingerprint density at radius 1 is 1.11 bits per heavy atom. The zero-order valence-electron chi connectivity index (χ0n) is 10.6. The molecule has 2 heterocycles. The van der Waals surface area contributed by atoms with Crippen LogP contribution in [-0.2, 0) is 6.54 Å². The van der Waals surface area contributed by atoms with Crippen molar-refractivity contribution in [2.24, 2.45) is 0 Å². The van der Waals surface area contributed by atoms with Crippen LogP contribution in [0.5, 0.6) is 0 Å². The third kappa shape index (κ3) is 3.26. The molecule has 2 aromatic rings. The maximum Gasteiger partial charge on any atom is 0.185 e.